The number of rotatable bonds is 10. The summed E-state index contributed by atoms with van der Waals surface area (Å²) < 4.78 is 49.2. The van der Waals surface area contributed by atoms with Crippen molar-refractivity contribution in [3.8, 4) is 11.1 Å². The second kappa shape index (κ2) is 11.7. The second-order valence-corrected chi connectivity index (χ2v) is 9.16. The Hall–Kier alpha value is -3.13. The highest BCUT2D eigenvalue weighted by Crippen LogP contribution is 2.34. The van der Waals surface area contributed by atoms with E-state index in [1.54, 1.807) is 30.3 Å². The number of carbonyl (C=O) groups is 2. The summed E-state index contributed by atoms with van der Waals surface area (Å²) in [6.07, 6.45) is 0.462. The summed E-state index contributed by atoms with van der Waals surface area (Å²) in [5.74, 6) is -1.16. The number of aliphatic hydroxyl groups excluding tert-OH is 1. The van der Waals surface area contributed by atoms with Crippen LogP contribution in [0.4, 0.5) is 13.2 Å². The van der Waals surface area contributed by atoms with Gasteiger partial charge < -0.3 is 14.6 Å². The van der Waals surface area contributed by atoms with E-state index in [1.165, 1.54) is 12.1 Å². The van der Waals surface area contributed by atoms with Crippen LogP contribution in [-0.2, 0) is 25.2 Å². The van der Waals surface area contributed by atoms with Gasteiger partial charge in [-0.3, -0.25) is 4.79 Å². The molecular weight excluding hydrogens is 473 g/mol. The molecule has 1 fully saturated rings. The fraction of sp³-hybridized carbons (Fsp3) is 0.429. The van der Waals surface area contributed by atoms with E-state index in [2.05, 4.69) is 0 Å². The summed E-state index contributed by atoms with van der Waals surface area (Å²) in [4.78, 5) is 25.0. The van der Waals surface area contributed by atoms with Crippen molar-refractivity contribution in [1.29, 1.82) is 0 Å². The molecule has 36 heavy (non-hydrogen) atoms. The fourth-order valence-electron chi connectivity index (χ4n) is 4.26. The molecule has 8 heteroatoms. The van der Waals surface area contributed by atoms with Gasteiger partial charge in [-0.1, -0.05) is 63.1 Å². The van der Waals surface area contributed by atoms with Crippen LogP contribution in [0.5, 0.6) is 0 Å². The van der Waals surface area contributed by atoms with Gasteiger partial charge in [-0.15, -0.1) is 0 Å². The van der Waals surface area contributed by atoms with Crippen molar-refractivity contribution in [3.63, 3.8) is 0 Å². The standard InChI is InChI=1S/C28H31F3O5/c1-3-5-22(6-4-2)25(33)35-18-27(17-32)16-23(26(34)36-27)15-19-7-9-20(10-8-19)21-11-13-24(14-12-21)28(29,30)31/h7-15,22,32H,3-6,16-18H2,1-2H3/b23-15-. The van der Waals surface area contributed by atoms with Gasteiger partial charge in [0.25, 0.3) is 0 Å². The van der Waals surface area contributed by atoms with Crippen LogP contribution in [0, 0.1) is 5.92 Å². The SMILES string of the molecule is CCCC(CCC)C(=O)OCC1(CO)C/C(=C/c2ccc(-c3ccc(C(F)(F)F)cc3)cc2)C(=O)O1. The Morgan fingerprint density at radius 2 is 1.61 bits per heavy atom. The molecule has 1 N–H and O–H groups in total. The van der Waals surface area contributed by atoms with Crippen molar-refractivity contribution in [2.75, 3.05) is 13.2 Å². The van der Waals surface area contributed by atoms with Gasteiger partial charge in [-0.05, 0) is 47.7 Å². The van der Waals surface area contributed by atoms with Gasteiger partial charge in [0.1, 0.15) is 6.61 Å². The smallest absolute Gasteiger partial charge is 0.416 e. The van der Waals surface area contributed by atoms with Crippen molar-refractivity contribution >= 4 is 18.0 Å². The molecule has 1 unspecified atom stereocenters. The molecule has 1 atom stereocenters. The summed E-state index contributed by atoms with van der Waals surface area (Å²) in [7, 11) is 0. The Labute approximate surface area is 208 Å². The summed E-state index contributed by atoms with van der Waals surface area (Å²) in [5, 5.41) is 9.94. The van der Waals surface area contributed by atoms with Gasteiger partial charge in [0.2, 0.25) is 0 Å². The van der Waals surface area contributed by atoms with Crippen LogP contribution < -0.4 is 0 Å². The molecule has 1 aliphatic rings. The van der Waals surface area contributed by atoms with Gasteiger partial charge in [0, 0.05) is 12.0 Å². The zero-order valence-corrected chi connectivity index (χ0v) is 20.4. The van der Waals surface area contributed by atoms with Crippen LogP contribution in [0.3, 0.4) is 0 Å². The lowest BCUT2D eigenvalue weighted by molar-refractivity contribution is -0.169. The lowest BCUT2D eigenvalue weighted by atomic mass is 9.96. The van der Waals surface area contributed by atoms with Crippen LogP contribution in [0.25, 0.3) is 17.2 Å². The maximum absolute atomic E-state index is 12.8. The lowest BCUT2D eigenvalue weighted by Gasteiger charge is -2.25. The maximum Gasteiger partial charge on any atom is 0.416 e. The first-order valence-corrected chi connectivity index (χ1v) is 12.1. The van der Waals surface area contributed by atoms with Gasteiger partial charge >= 0.3 is 18.1 Å². The topological polar surface area (TPSA) is 72.8 Å². The number of cyclic esters (lactones) is 1. The molecule has 194 valence electrons. The molecule has 0 bridgehead atoms. The number of benzene rings is 2. The average molecular weight is 505 g/mol. The Morgan fingerprint density at radius 1 is 1.06 bits per heavy atom. The van der Waals surface area contributed by atoms with Crippen LogP contribution in [0.2, 0.25) is 0 Å². The summed E-state index contributed by atoms with van der Waals surface area (Å²) in [6.45, 7) is 3.29. The minimum Gasteiger partial charge on any atom is -0.461 e. The number of hydrogen-bond donors (Lipinski definition) is 1. The van der Waals surface area contributed by atoms with E-state index in [9.17, 15) is 27.9 Å². The van der Waals surface area contributed by atoms with Crippen LogP contribution in [0.15, 0.2) is 54.1 Å². The first-order valence-electron chi connectivity index (χ1n) is 12.1. The first-order chi connectivity index (χ1) is 17.1. The number of hydrogen-bond acceptors (Lipinski definition) is 5. The molecule has 0 saturated carbocycles. The number of aliphatic hydroxyl groups is 1. The quantitative estimate of drug-likeness (QED) is 0.308. The molecule has 1 saturated heterocycles. The Bertz CT molecular complexity index is 1070. The highest BCUT2D eigenvalue weighted by Gasteiger charge is 2.45. The van der Waals surface area contributed by atoms with Gasteiger partial charge in [0.15, 0.2) is 5.60 Å². The number of ether oxygens (including phenoxy) is 2. The number of carbonyl (C=O) groups excluding carboxylic acids is 2. The van der Waals surface area contributed by atoms with Gasteiger partial charge in [-0.2, -0.15) is 13.2 Å². The molecule has 3 rings (SSSR count). The predicted molar refractivity (Wildman–Crippen MR) is 130 cm³/mol. The normalized spacial score (nSPS) is 19.1. The van der Waals surface area contributed by atoms with Crippen molar-refractivity contribution < 1.29 is 37.3 Å². The van der Waals surface area contributed by atoms with Crippen molar-refractivity contribution in [3.05, 3.63) is 65.2 Å². The number of alkyl halides is 3. The van der Waals surface area contributed by atoms with E-state index in [1.807, 2.05) is 13.8 Å². The van der Waals surface area contributed by atoms with Crippen LogP contribution >= 0.6 is 0 Å². The molecule has 0 aromatic heterocycles. The molecule has 0 radical (unpaired) electrons. The number of esters is 2. The third kappa shape index (κ3) is 6.75. The van der Waals surface area contributed by atoms with E-state index in [4.69, 9.17) is 9.47 Å². The molecule has 0 aliphatic carbocycles. The molecule has 1 heterocycles. The van der Waals surface area contributed by atoms with E-state index >= 15 is 0 Å². The summed E-state index contributed by atoms with van der Waals surface area (Å²) >= 11 is 0. The van der Waals surface area contributed by atoms with E-state index < -0.39 is 29.9 Å². The highest BCUT2D eigenvalue weighted by atomic mass is 19.4. The molecule has 0 amide bonds. The van der Waals surface area contributed by atoms with E-state index in [0.29, 0.717) is 29.5 Å². The zero-order chi connectivity index (χ0) is 26.3. The summed E-state index contributed by atoms with van der Waals surface area (Å²) in [6, 6.07) is 11.9. The lowest BCUT2D eigenvalue weighted by Crippen LogP contribution is -2.40. The van der Waals surface area contributed by atoms with E-state index in [-0.39, 0.29) is 24.9 Å². The van der Waals surface area contributed by atoms with Crippen molar-refractivity contribution in [2.24, 2.45) is 5.92 Å². The van der Waals surface area contributed by atoms with E-state index in [0.717, 1.165) is 30.5 Å². The summed E-state index contributed by atoms with van der Waals surface area (Å²) in [5.41, 5.74) is 0.354. The Morgan fingerprint density at radius 3 is 2.11 bits per heavy atom. The predicted octanol–water partition coefficient (Wildman–Crippen LogP) is 6.19. The largest absolute Gasteiger partial charge is 0.461 e. The third-order valence-electron chi connectivity index (χ3n) is 6.25. The van der Waals surface area contributed by atoms with Crippen LogP contribution in [-0.4, -0.2) is 35.9 Å². The minimum absolute atomic E-state index is 0.0858. The van der Waals surface area contributed by atoms with Crippen molar-refractivity contribution in [1.82, 2.24) is 0 Å². The van der Waals surface area contributed by atoms with Gasteiger partial charge in [-0.25, -0.2) is 4.79 Å². The monoisotopic (exact) mass is 504 g/mol. The second-order valence-electron chi connectivity index (χ2n) is 9.16. The highest BCUT2D eigenvalue weighted by molar-refractivity contribution is 5.96. The molecule has 2 aromatic carbocycles. The van der Waals surface area contributed by atoms with Gasteiger partial charge in [0.05, 0.1) is 18.1 Å². The third-order valence-corrected chi connectivity index (χ3v) is 6.25. The Kier molecular flexibility index (Phi) is 8.95. The average Bonchev–Trinajstić information content (AvgIpc) is 3.18. The fourth-order valence-corrected chi connectivity index (χ4v) is 4.26. The first kappa shape index (κ1) is 27.5. The Balaban J connectivity index is 1.68. The zero-order valence-electron chi connectivity index (χ0n) is 20.4. The molecule has 1 aliphatic heterocycles. The van der Waals surface area contributed by atoms with Crippen molar-refractivity contribution in [2.45, 2.75) is 57.7 Å². The molecule has 5 nitrogen and oxygen atoms in total. The number of halogens is 3. The molecule has 2 aromatic rings. The minimum atomic E-state index is -4.39. The van der Waals surface area contributed by atoms with Crippen LogP contribution in [0.1, 0.15) is 57.1 Å². The maximum atomic E-state index is 12.8. The molecule has 0 spiro atoms. The molecular formula is C28H31F3O5.